The van der Waals surface area contributed by atoms with E-state index in [2.05, 4.69) is 15.5 Å². The molecule has 2 aromatic heterocycles. The molecule has 3 aromatic rings. The number of aromatic nitrogens is 2. The molecule has 8 nitrogen and oxygen atoms in total. The summed E-state index contributed by atoms with van der Waals surface area (Å²) in [4.78, 5) is 14.3. The molecule has 8 heteroatoms. The van der Waals surface area contributed by atoms with Crippen LogP contribution in [0.1, 0.15) is 5.76 Å². The minimum Gasteiger partial charge on any atom is -0.424 e. The molecule has 2 heterocycles. The van der Waals surface area contributed by atoms with Crippen LogP contribution in [0.3, 0.4) is 0 Å². The first kappa shape index (κ1) is 11.2. The predicted octanol–water partition coefficient (Wildman–Crippen LogP) is 2.34. The summed E-state index contributed by atoms with van der Waals surface area (Å²) in [5.41, 5.74) is 0.877. The van der Waals surface area contributed by atoms with Crippen molar-refractivity contribution in [3.8, 4) is 0 Å². The van der Waals surface area contributed by atoms with Gasteiger partial charge in [0.1, 0.15) is 5.52 Å². The average molecular weight is 260 g/mol. The molecular weight excluding hydrogens is 252 g/mol. The highest BCUT2D eigenvalue weighted by atomic mass is 16.6. The van der Waals surface area contributed by atoms with Crippen LogP contribution in [0, 0.1) is 10.1 Å². The Hall–Kier alpha value is -2.90. The summed E-state index contributed by atoms with van der Waals surface area (Å²) < 4.78 is 10.3. The molecule has 3 rings (SSSR count). The van der Waals surface area contributed by atoms with E-state index in [4.69, 9.17) is 8.94 Å². The topological polar surface area (TPSA) is 107 Å². The van der Waals surface area contributed by atoms with Crippen LogP contribution in [0.2, 0.25) is 0 Å². The Labute approximate surface area is 106 Å². The van der Waals surface area contributed by atoms with Gasteiger partial charge < -0.3 is 14.3 Å². The third kappa shape index (κ3) is 2.23. The first-order valence-corrected chi connectivity index (χ1v) is 5.41. The summed E-state index contributed by atoms with van der Waals surface area (Å²) in [6, 6.07) is 6.22. The summed E-state index contributed by atoms with van der Waals surface area (Å²) >= 11 is 0. The van der Waals surface area contributed by atoms with E-state index in [0.717, 1.165) is 0 Å². The molecule has 1 aromatic carbocycles. The highest BCUT2D eigenvalue weighted by Gasteiger charge is 2.11. The summed E-state index contributed by atoms with van der Waals surface area (Å²) in [7, 11) is 0. The molecule has 96 valence electrons. The van der Waals surface area contributed by atoms with Crippen LogP contribution < -0.4 is 5.32 Å². The second kappa shape index (κ2) is 4.41. The van der Waals surface area contributed by atoms with E-state index in [9.17, 15) is 10.1 Å². The quantitative estimate of drug-likeness (QED) is 0.566. The Kier molecular flexibility index (Phi) is 2.60. The number of non-ortho nitro benzene ring substituents is 1. The van der Waals surface area contributed by atoms with Crippen LogP contribution in [0.15, 0.2) is 39.4 Å². The fourth-order valence-electron chi connectivity index (χ4n) is 1.60. The van der Waals surface area contributed by atoms with Crippen molar-refractivity contribution in [2.24, 2.45) is 0 Å². The Morgan fingerprint density at radius 3 is 3.00 bits per heavy atom. The van der Waals surface area contributed by atoms with Gasteiger partial charge in [0.15, 0.2) is 11.3 Å². The number of oxazole rings is 1. The molecule has 0 saturated heterocycles. The molecule has 0 aliphatic carbocycles. The molecule has 0 aliphatic heterocycles. The van der Waals surface area contributed by atoms with E-state index >= 15 is 0 Å². The number of benzene rings is 1. The maximum atomic E-state index is 10.6. The summed E-state index contributed by atoms with van der Waals surface area (Å²) in [6.07, 6.45) is 1.53. The van der Waals surface area contributed by atoms with Gasteiger partial charge in [-0.15, -0.1) is 0 Å². The normalized spacial score (nSPS) is 10.7. The minimum absolute atomic E-state index is 0.0254. The van der Waals surface area contributed by atoms with Gasteiger partial charge in [0.2, 0.25) is 0 Å². The molecule has 19 heavy (non-hydrogen) atoms. The first-order chi connectivity index (χ1) is 9.22. The number of fused-ring (bicyclic) bond motifs is 1. The molecule has 0 spiro atoms. The highest BCUT2D eigenvalue weighted by molar-refractivity contribution is 5.77. The van der Waals surface area contributed by atoms with Gasteiger partial charge in [0.05, 0.1) is 17.7 Å². The Morgan fingerprint density at radius 1 is 1.37 bits per heavy atom. The minimum atomic E-state index is -0.476. The molecule has 0 bridgehead atoms. The third-order valence-corrected chi connectivity index (χ3v) is 2.49. The van der Waals surface area contributed by atoms with Crippen molar-refractivity contribution in [3.63, 3.8) is 0 Å². The number of rotatable bonds is 4. The number of anilines is 1. The van der Waals surface area contributed by atoms with Gasteiger partial charge in [-0.3, -0.25) is 10.1 Å². The van der Waals surface area contributed by atoms with Crippen LogP contribution in [-0.2, 0) is 6.54 Å². The predicted molar refractivity (Wildman–Crippen MR) is 64.5 cm³/mol. The van der Waals surface area contributed by atoms with Gasteiger partial charge in [-0.25, -0.2) is 0 Å². The first-order valence-electron chi connectivity index (χ1n) is 5.41. The average Bonchev–Trinajstić information content (AvgIpc) is 3.04. The molecule has 0 unspecified atom stereocenters. The lowest BCUT2D eigenvalue weighted by Gasteiger charge is -1.95. The van der Waals surface area contributed by atoms with Gasteiger partial charge in [-0.1, -0.05) is 5.16 Å². The molecule has 0 atom stereocenters. The van der Waals surface area contributed by atoms with Crippen LogP contribution in [0.5, 0.6) is 0 Å². The standard InChI is InChI=1S/C11H8N4O4/c16-15(17)7-1-2-10-9(5-7)14-11(18-10)12-6-8-3-4-13-19-8/h1-5H,6H2,(H,12,14). The summed E-state index contributed by atoms with van der Waals surface area (Å²) in [5, 5.41) is 17.1. The van der Waals surface area contributed by atoms with Crippen molar-refractivity contribution >= 4 is 22.8 Å². The zero-order chi connectivity index (χ0) is 13.2. The van der Waals surface area contributed by atoms with E-state index in [0.29, 0.717) is 23.4 Å². The molecule has 0 aliphatic rings. The Morgan fingerprint density at radius 2 is 2.26 bits per heavy atom. The largest absolute Gasteiger partial charge is 0.424 e. The van der Waals surface area contributed by atoms with Crippen molar-refractivity contribution < 1.29 is 13.9 Å². The summed E-state index contributed by atoms with van der Waals surface area (Å²) in [6.45, 7) is 0.370. The number of nitrogens with zero attached hydrogens (tertiary/aromatic N) is 3. The van der Waals surface area contributed by atoms with Crippen LogP contribution in [0.25, 0.3) is 11.1 Å². The SMILES string of the molecule is O=[N+]([O-])c1ccc2oc(NCc3ccno3)nc2c1. The van der Waals surface area contributed by atoms with Crippen molar-refractivity contribution in [2.45, 2.75) is 6.54 Å². The number of hydrogen-bond acceptors (Lipinski definition) is 7. The lowest BCUT2D eigenvalue weighted by Crippen LogP contribution is -1.97. The van der Waals surface area contributed by atoms with Gasteiger partial charge >= 0.3 is 0 Å². The van der Waals surface area contributed by atoms with Crippen LogP contribution >= 0.6 is 0 Å². The Bertz CT molecular complexity index is 719. The lowest BCUT2D eigenvalue weighted by molar-refractivity contribution is -0.384. The molecule has 1 N–H and O–H groups in total. The van der Waals surface area contributed by atoms with Crippen molar-refractivity contribution in [1.29, 1.82) is 0 Å². The number of hydrogen-bond donors (Lipinski definition) is 1. The lowest BCUT2D eigenvalue weighted by atomic mass is 10.3. The smallest absolute Gasteiger partial charge is 0.296 e. The molecule has 0 radical (unpaired) electrons. The zero-order valence-corrected chi connectivity index (χ0v) is 9.57. The van der Waals surface area contributed by atoms with Crippen LogP contribution in [0.4, 0.5) is 11.7 Å². The van der Waals surface area contributed by atoms with E-state index in [-0.39, 0.29) is 11.7 Å². The number of nitro groups is 1. The van der Waals surface area contributed by atoms with E-state index < -0.39 is 4.92 Å². The van der Waals surface area contributed by atoms with E-state index in [1.807, 2.05) is 0 Å². The van der Waals surface area contributed by atoms with Crippen molar-refractivity contribution in [2.75, 3.05) is 5.32 Å². The van der Waals surface area contributed by atoms with E-state index in [1.54, 1.807) is 6.07 Å². The molecule has 0 saturated carbocycles. The second-order valence-corrected chi connectivity index (χ2v) is 3.76. The number of nitro benzene ring substituents is 1. The van der Waals surface area contributed by atoms with Crippen LogP contribution in [-0.4, -0.2) is 15.1 Å². The highest BCUT2D eigenvalue weighted by Crippen LogP contribution is 2.23. The van der Waals surface area contributed by atoms with Crippen molar-refractivity contribution in [3.05, 3.63) is 46.3 Å². The molecular formula is C11H8N4O4. The van der Waals surface area contributed by atoms with Gasteiger partial charge in [0, 0.05) is 18.2 Å². The maximum Gasteiger partial charge on any atom is 0.296 e. The fourth-order valence-corrected chi connectivity index (χ4v) is 1.60. The Balaban J connectivity index is 1.83. The van der Waals surface area contributed by atoms with Gasteiger partial charge in [-0.05, 0) is 6.07 Å². The van der Waals surface area contributed by atoms with Crippen molar-refractivity contribution in [1.82, 2.24) is 10.1 Å². The zero-order valence-electron chi connectivity index (χ0n) is 9.57. The molecule has 0 amide bonds. The monoisotopic (exact) mass is 260 g/mol. The molecule has 0 fully saturated rings. The fraction of sp³-hybridized carbons (Fsp3) is 0.0909. The van der Waals surface area contributed by atoms with Gasteiger partial charge in [0.25, 0.3) is 11.7 Å². The summed E-state index contributed by atoms with van der Waals surface area (Å²) in [5.74, 6) is 0.633. The second-order valence-electron chi connectivity index (χ2n) is 3.76. The maximum absolute atomic E-state index is 10.6. The third-order valence-electron chi connectivity index (χ3n) is 2.49. The van der Waals surface area contributed by atoms with Gasteiger partial charge in [-0.2, -0.15) is 4.98 Å². The number of nitrogens with one attached hydrogen (secondary N) is 1. The van der Waals surface area contributed by atoms with E-state index in [1.165, 1.54) is 24.4 Å².